The predicted molar refractivity (Wildman–Crippen MR) is 117 cm³/mol. The molecule has 2 atom stereocenters. The Bertz CT molecular complexity index is 785. The van der Waals surface area contributed by atoms with Gasteiger partial charge in [0.2, 0.25) is 0 Å². The Morgan fingerprint density at radius 1 is 1.38 bits per heavy atom. The summed E-state index contributed by atoms with van der Waals surface area (Å²) >= 11 is 10.5. The normalized spacial score (nSPS) is 17.0. The van der Waals surface area contributed by atoms with Crippen molar-refractivity contribution in [3.8, 4) is 0 Å². The molecule has 3 rings (SSSR count). The lowest BCUT2D eigenvalue weighted by atomic mass is 10.0. The van der Waals surface area contributed by atoms with Crippen molar-refractivity contribution < 1.29 is 9.21 Å². The number of amides is 1. The van der Waals surface area contributed by atoms with E-state index in [1.807, 2.05) is 20.8 Å². The molecule has 2 unspecified atom stereocenters. The van der Waals surface area contributed by atoms with Gasteiger partial charge in [0.25, 0.3) is 5.91 Å². The topological polar surface area (TPSA) is 77.1 Å². The molecule has 9 heteroatoms. The van der Waals surface area contributed by atoms with Crippen molar-refractivity contribution in [3.05, 3.63) is 48.2 Å². The van der Waals surface area contributed by atoms with Gasteiger partial charge in [-0.3, -0.25) is 4.79 Å². The highest BCUT2D eigenvalue weighted by Gasteiger charge is 2.32. The van der Waals surface area contributed by atoms with Gasteiger partial charge in [-0.25, -0.2) is 0 Å². The molecular formula is C20H29Cl2N5O2. The number of piperidine rings is 1. The number of allylic oxidation sites excluding steroid dienone is 2. The summed E-state index contributed by atoms with van der Waals surface area (Å²) in [7, 11) is 0. The van der Waals surface area contributed by atoms with Crippen molar-refractivity contribution in [2.45, 2.75) is 51.5 Å². The third-order valence-corrected chi connectivity index (χ3v) is 4.09. The second kappa shape index (κ2) is 13.2. The SMILES string of the molecule is C=CC.CCl.Cc1ccc(C(=O)N2CCCCC2c2nnn(/C=C/C(C)Cl)n2)o1. The Morgan fingerprint density at radius 2 is 2.07 bits per heavy atom. The molecule has 0 radical (unpaired) electrons. The van der Waals surface area contributed by atoms with Crippen LogP contribution in [0.25, 0.3) is 6.20 Å². The highest BCUT2D eigenvalue weighted by molar-refractivity contribution is 6.21. The van der Waals surface area contributed by atoms with E-state index in [1.165, 1.54) is 11.2 Å². The third-order valence-electron chi connectivity index (χ3n) is 3.94. The Hall–Kier alpha value is -2.12. The van der Waals surface area contributed by atoms with E-state index in [1.54, 1.807) is 35.4 Å². The maximum absolute atomic E-state index is 12.7. The van der Waals surface area contributed by atoms with Crippen LogP contribution in [-0.4, -0.2) is 49.3 Å². The fourth-order valence-electron chi connectivity index (χ4n) is 2.76. The molecule has 0 saturated carbocycles. The molecule has 1 fully saturated rings. The summed E-state index contributed by atoms with van der Waals surface area (Å²) in [6, 6.07) is 3.31. The number of alkyl halides is 2. The van der Waals surface area contributed by atoms with Crippen molar-refractivity contribution in [1.29, 1.82) is 0 Å². The van der Waals surface area contributed by atoms with Crippen molar-refractivity contribution in [2.75, 3.05) is 12.9 Å². The first kappa shape index (κ1) is 24.9. The van der Waals surface area contributed by atoms with Crippen LogP contribution < -0.4 is 0 Å². The molecule has 7 nitrogen and oxygen atoms in total. The van der Waals surface area contributed by atoms with Crippen LogP contribution >= 0.6 is 23.2 Å². The summed E-state index contributed by atoms with van der Waals surface area (Å²) in [4.78, 5) is 15.9. The van der Waals surface area contributed by atoms with E-state index in [-0.39, 0.29) is 17.3 Å². The van der Waals surface area contributed by atoms with E-state index < -0.39 is 0 Å². The van der Waals surface area contributed by atoms with Gasteiger partial charge in [0.05, 0.1) is 11.4 Å². The molecule has 2 aromatic rings. The van der Waals surface area contributed by atoms with Crippen molar-refractivity contribution >= 4 is 35.3 Å². The van der Waals surface area contributed by atoms with E-state index in [9.17, 15) is 4.79 Å². The van der Waals surface area contributed by atoms with Crippen LogP contribution in [0.1, 0.15) is 61.3 Å². The minimum atomic E-state index is -0.188. The second-order valence-corrected chi connectivity index (χ2v) is 7.00. The summed E-state index contributed by atoms with van der Waals surface area (Å²) in [5.41, 5.74) is 0. The molecule has 3 heterocycles. The zero-order valence-electron chi connectivity index (χ0n) is 17.4. The zero-order chi connectivity index (χ0) is 21.8. The number of aromatic nitrogens is 4. The van der Waals surface area contributed by atoms with Crippen LogP contribution in [-0.2, 0) is 0 Å². The van der Waals surface area contributed by atoms with Gasteiger partial charge in [-0.2, -0.15) is 0 Å². The lowest BCUT2D eigenvalue weighted by molar-refractivity contribution is 0.0566. The monoisotopic (exact) mass is 441 g/mol. The molecule has 1 saturated heterocycles. The zero-order valence-corrected chi connectivity index (χ0v) is 18.9. The number of hydrogen-bond acceptors (Lipinski definition) is 5. The molecule has 0 spiro atoms. The van der Waals surface area contributed by atoms with Crippen LogP contribution in [0.4, 0.5) is 0 Å². The maximum atomic E-state index is 12.7. The number of likely N-dealkylation sites (tertiary alicyclic amines) is 1. The molecular weight excluding hydrogens is 413 g/mol. The third kappa shape index (κ3) is 7.66. The number of halogens is 2. The summed E-state index contributed by atoms with van der Waals surface area (Å²) in [6.07, 6.45) is 9.45. The number of hydrogen-bond donors (Lipinski definition) is 0. The number of rotatable bonds is 4. The Morgan fingerprint density at radius 3 is 2.66 bits per heavy atom. The molecule has 0 N–H and O–H groups in total. The van der Waals surface area contributed by atoms with E-state index in [0.29, 0.717) is 18.1 Å². The molecule has 0 aromatic carbocycles. The van der Waals surface area contributed by atoms with E-state index in [2.05, 4.69) is 33.6 Å². The number of carbonyl (C=O) groups excluding carboxylic acids is 1. The Kier molecular flexibility index (Phi) is 11.3. The average molecular weight is 442 g/mol. The molecule has 0 bridgehead atoms. The van der Waals surface area contributed by atoms with Gasteiger partial charge in [-0.1, -0.05) is 6.08 Å². The smallest absolute Gasteiger partial charge is 0.290 e. The van der Waals surface area contributed by atoms with Crippen molar-refractivity contribution in [1.82, 2.24) is 25.1 Å². The van der Waals surface area contributed by atoms with Gasteiger partial charge in [0.15, 0.2) is 11.6 Å². The Labute approximate surface area is 182 Å². The largest absolute Gasteiger partial charge is 0.456 e. The molecule has 1 aliphatic rings. The summed E-state index contributed by atoms with van der Waals surface area (Å²) in [5.74, 6) is 1.48. The fraction of sp³-hybridized carbons (Fsp3) is 0.500. The number of tetrazole rings is 1. The molecule has 29 heavy (non-hydrogen) atoms. The lowest BCUT2D eigenvalue weighted by Crippen LogP contribution is -2.38. The highest BCUT2D eigenvalue weighted by Crippen LogP contribution is 2.30. The number of aryl methyl sites for hydroxylation is 1. The predicted octanol–water partition coefficient (Wildman–Crippen LogP) is 5.09. The quantitative estimate of drug-likeness (QED) is 0.487. The van der Waals surface area contributed by atoms with Crippen LogP contribution in [0.15, 0.2) is 35.3 Å². The fourth-order valence-corrected chi connectivity index (χ4v) is 2.83. The number of carbonyl (C=O) groups is 1. The van der Waals surface area contributed by atoms with Crippen LogP contribution in [0, 0.1) is 6.92 Å². The van der Waals surface area contributed by atoms with E-state index in [0.717, 1.165) is 25.0 Å². The first-order valence-corrected chi connectivity index (χ1v) is 10.6. The first-order chi connectivity index (χ1) is 14.0. The van der Waals surface area contributed by atoms with Gasteiger partial charge >= 0.3 is 0 Å². The summed E-state index contributed by atoms with van der Waals surface area (Å²) in [6.45, 7) is 9.58. The molecule has 0 aliphatic carbocycles. The molecule has 1 amide bonds. The van der Waals surface area contributed by atoms with Gasteiger partial charge < -0.3 is 9.32 Å². The molecule has 1 aliphatic heterocycles. The van der Waals surface area contributed by atoms with Gasteiger partial charge in [0, 0.05) is 19.1 Å². The summed E-state index contributed by atoms with van der Waals surface area (Å²) < 4.78 is 5.47. The van der Waals surface area contributed by atoms with Crippen LogP contribution in [0.2, 0.25) is 0 Å². The van der Waals surface area contributed by atoms with Crippen molar-refractivity contribution in [2.24, 2.45) is 0 Å². The minimum absolute atomic E-state index is 0.116. The van der Waals surface area contributed by atoms with Crippen molar-refractivity contribution in [3.63, 3.8) is 0 Å². The number of furan rings is 1. The average Bonchev–Trinajstić information content (AvgIpc) is 3.37. The van der Waals surface area contributed by atoms with E-state index in [4.69, 9.17) is 16.0 Å². The Balaban J connectivity index is 0.000000771. The standard InChI is InChI=1S/C16H20ClN5O2.C3H6.CH3Cl/c1-11(17)8-10-22-19-15(18-20-22)13-5-3-4-9-21(13)16(23)14-7-6-12(2)24-14;1-3-2;1-2/h6-8,10-11,13H,3-5,9H2,1-2H3;3H,1H2,2H3;1H3/b10-8+;;. The highest BCUT2D eigenvalue weighted by atomic mass is 35.5. The van der Waals surface area contributed by atoms with E-state index >= 15 is 0 Å². The van der Waals surface area contributed by atoms with Crippen LogP contribution in [0.3, 0.4) is 0 Å². The second-order valence-electron chi connectivity index (χ2n) is 6.32. The molecule has 160 valence electrons. The maximum Gasteiger partial charge on any atom is 0.290 e. The summed E-state index contributed by atoms with van der Waals surface area (Å²) in [5, 5.41) is 12.4. The number of nitrogens with zero attached hydrogens (tertiary/aromatic N) is 5. The minimum Gasteiger partial charge on any atom is -0.456 e. The molecule has 2 aromatic heterocycles. The van der Waals surface area contributed by atoms with Gasteiger partial charge in [0.1, 0.15) is 5.76 Å². The lowest BCUT2D eigenvalue weighted by Gasteiger charge is -2.33. The van der Waals surface area contributed by atoms with Crippen LogP contribution in [0.5, 0.6) is 0 Å². The first-order valence-electron chi connectivity index (χ1n) is 9.40. The van der Waals surface area contributed by atoms with Gasteiger partial charge in [-0.05, 0) is 63.5 Å². The van der Waals surface area contributed by atoms with Gasteiger partial charge in [-0.15, -0.1) is 44.8 Å².